The molecule has 21 heavy (non-hydrogen) atoms. The summed E-state index contributed by atoms with van der Waals surface area (Å²) < 4.78 is 6.05. The number of ether oxygens (including phenoxy) is 1. The zero-order valence-electron chi connectivity index (χ0n) is 14.3. The molecule has 4 nitrogen and oxygen atoms in total. The SMILES string of the molecule is CCCNc1cc(CCC)nc(C(CC)(CC)OCC)n1. The maximum absolute atomic E-state index is 6.05. The zero-order chi connectivity index (χ0) is 15.7. The van der Waals surface area contributed by atoms with E-state index in [4.69, 9.17) is 14.7 Å². The fourth-order valence-electron chi connectivity index (χ4n) is 2.54. The molecule has 1 heterocycles. The van der Waals surface area contributed by atoms with Crippen molar-refractivity contribution >= 4 is 5.82 Å². The Bertz CT molecular complexity index is 416. The molecular formula is C17H31N3O. The summed E-state index contributed by atoms with van der Waals surface area (Å²) >= 11 is 0. The van der Waals surface area contributed by atoms with E-state index in [-0.39, 0.29) is 5.60 Å². The molecule has 0 saturated carbocycles. The van der Waals surface area contributed by atoms with Gasteiger partial charge >= 0.3 is 0 Å². The van der Waals surface area contributed by atoms with E-state index in [9.17, 15) is 0 Å². The molecule has 1 rings (SSSR count). The fraction of sp³-hybridized carbons (Fsp3) is 0.765. The van der Waals surface area contributed by atoms with Crippen LogP contribution >= 0.6 is 0 Å². The Morgan fingerprint density at radius 2 is 1.76 bits per heavy atom. The maximum atomic E-state index is 6.05. The number of rotatable bonds is 10. The molecule has 0 bridgehead atoms. The second-order valence-electron chi connectivity index (χ2n) is 5.38. The number of aryl methyl sites for hydroxylation is 1. The molecule has 0 aliphatic heterocycles. The van der Waals surface area contributed by atoms with E-state index in [1.165, 1.54) is 0 Å². The number of anilines is 1. The van der Waals surface area contributed by atoms with Crippen molar-refractivity contribution in [2.24, 2.45) is 0 Å². The predicted octanol–water partition coefficient (Wildman–Crippen LogP) is 4.30. The van der Waals surface area contributed by atoms with Gasteiger partial charge in [0.25, 0.3) is 0 Å². The van der Waals surface area contributed by atoms with Crippen molar-refractivity contribution < 1.29 is 4.74 Å². The summed E-state index contributed by atoms with van der Waals surface area (Å²) in [7, 11) is 0. The van der Waals surface area contributed by atoms with E-state index in [0.717, 1.165) is 56.0 Å². The molecule has 0 aliphatic carbocycles. The smallest absolute Gasteiger partial charge is 0.162 e. The molecule has 120 valence electrons. The molecular weight excluding hydrogens is 262 g/mol. The van der Waals surface area contributed by atoms with Gasteiger partial charge in [0.2, 0.25) is 0 Å². The average Bonchev–Trinajstić information content (AvgIpc) is 2.51. The van der Waals surface area contributed by atoms with Crippen molar-refractivity contribution in [2.45, 2.75) is 72.3 Å². The van der Waals surface area contributed by atoms with E-state index in [1.54, 1.807) is 0 Å². The van der Waals surface area contributed by atoms with Gasteiger partial charge in [0.15, 0.2) is 5.82 Å². The van der Waals surface area contributed by atoms with Crippen molar-refractivity contribution in [3.05, 3.63) is 17.6 Å². The molecule has 0 radical (unpaired) electrons. The Morgan fingerprint density at radius 3 is 2.29 bits per heavy atom. The second kappa shape index (κ2) is 8.98. The molecule has 1 aromatic heterocycles. The van der Waals surface area contributed by atoms with E-state index in [1.807, 2.05) is 6.92 Å². The molecule has 0 amide bonds. The molecule has 4 heteroatoms. The van der Waals surface area contributed by atoms with E-state index in [0.29, 0.717) is 6.61 Å². The second-order valence-corrected chi connectivity index (χ2v) is 5.38. The molecule has 0 saturated heterocycles. The topological polar surface area (TPSA) is 47.0 Å². The largest absolute Gasteiger partial charge is 0.370 e. The third-order valence-electron chi connectivity index (χ3n) is 3.81. The molecule has 1 N–H and O–H groups in total. The minimum absolute atomic E-state index is 0.360. The number of hydrogen-bond acceptors (Lipinski definition) is 4. The lowest BCUT2D eigenvalue weighted by atomic mass is 9.95. The van der Waals surface area contributed by atoms with Crippen LogP contribution < -0.4 is 5.32 Å². The van der Waals surface area contributed by atoms with Crippen LogP contribution in [0.1, 0.15) is 71.8 Å². The van der Waals surface area contributed by atoms with E-state index >= 15 is 0 Å². The average molecular weight is 293 g/mol. The highest BCUT2D eigenvalue weighted by Gasteiger charge is 2.32. The minimum Gasteiger partial charge on any atom is -0.370 e. The van der Waals surface area contributed by atoms with Gasteiger partial charge in [-0.3, -0.25) is 0 Å². The molecule has 0 aromatic carbocycles. The Kier molecular flexibility index (Phi) is 7.65. The highest BCUT2D eigenvalue weighted by atomic mass is 16.5. The first-order valence-corrected chi connectivity index (χ1v) is 8.41. The lowest BCUT2D eigenvalue weighted by molar-refractivity contribution is -0.0572. The van der Waals surface area contributed by atoms with Crippen molar-refractivity contribution in [1.82, 2.24) is 9.97 Å². The van der Waals surface area contributed by atoms with Gasteiger partial charge in [0, 0.05) is 24.9 Å². The van der Waals surface area contributed by atoms with Gasteiger partial charge in [-0.25, -0.2) is 9.97 Å². The number of nitrogens with zero attached hydrogens (tertiary/aromatic N) is 2. The van der Waals surface area contributed by atoms with Crippen LogP contribution in [-0.4, -0.2) is 23.1 Å². The van der Waals surface area contributed by atoms with Gasteiger partial charge < -0.3 is 10.1 Å². The minimum atomic E-state index is -0.360. The summed E-state index contributed by atoms with van der Waals surface area (Å²) in [6.07, 6.45) is 4.93. The molecule has 0 spiro atoms. The quantitative estimate of drug-likeness (QED) is 0.698. The van der Waals surface area contributed by atoms with Crippen LogP contribution in [0.25, 0.3) is 0 Å². The lowest BCUT2D eigenvalue weighted by Crippen LogP contribution is -2.31. The van der Waals surface area contributed by atoms with Crippen molar-refractivity contribution in [3.8, 4) is 0 Å². The zero-order valence-corrected chi connectivity index (χ0v) is 14.3. The number of nitrogens with one attached hydrogen (secondary N) is 1. The highest BCUT2D eigenvalue weighted by Crippen LogP contribution is 2.31. The van der Waals surface area contributed by atoms with Crippen LogP contribution in [-0.2, 0) is 16.8 Å². The van der Waals surface area contributed by atoms with Crippen LogP contribution in [0.15, 0.2) is 6.07 Å². The summed E-state index contributed by atoms with van der Waals surface area (Å²) in [5.41, 5.74) is 0.744. The summed E-state index contributed by atoms with van der Waals surface area (Å²) in [5.74, 6) is 1.76. The van der Waals surface area contributed by atoms with Crippen molar-refractivity contribution in [3.63, 3.8) is 0 Å². The molecule has 0 atom stereocenters. The van der Waals surface area contributed by atoms with Crippen LogP contribution in [0.3, 0.4) is 0 Å². The summed E-state index contributed by atoms with van der Waals surface area (Å²) in [5, 5.41) is 3.39. The monoisotopic (exact) mass is 293 g/mol. The van der Waals surface area contributed by atoms with Crippen molar-refractivity contribution in [1.29, 1.82) is 0 Å². The first-order valence-electron chi connectivity index (χ1n) is 8.41. The Hall–Kier alpha value is -1.16. The lowest BCUT2D eigenvalue weighted by Gasteiger charge is -2.30. The highest BCUT2D eigenvalue weighted by molar-refractivity contribution is 5.37. The molecule has 1 aromatic rings. The van der Waals surface area contributed by atoms with Crippen LogP contribution in [0.2, 0.25) is 0 Å². The van der Waals surface area contributed by atoms with Gasteiger partial charge in [0.1, 0.15) is 11.4 Å². The maximum Gasteiger partial charge on any atom is 0.162 e. The first kappa shape index (κ1) is 17.9. The van der Waals surface area contributed by atoms with Crippen LogP contribution in [0.4, 0.5) is 5.82 Å². The normalized spacial score (nSPS) is 11.7. The van der Waals surface area contributed by atoms with Crippen molar-refractivity contribution in [2.75, 3.05) is 18.5 Å². The van der Waals surface area contributed by atoms with Gasteiger partial charge in [0.05, 0.1) is 0 Å². The van der Waals surface area contributed by atoms with E-state index < -0.39 is 0 Å². The predicted molar refractivity (Wildman–Crippen MR) is 88.7 cm³/mol. The summed E-state index contributed by atoms with van der Waals surface area (Å²) in [4.78, 5) is 9.53. The standard InChI is InChI=1S/C17H31N3O/c1-6-11-14-13-15(18-12-7-2)20-16(19-14)17(8-3,9-4)21-10-5/h13H,6-12H2,1-5H3,(H,18,19,20). The number of hydrogen-bond donors (Lipinski definition) is 1. The van der Waals surface area contributed by atoms with Gasteiger partial charge in [-0.05, 0) is 32.6 Å². The van der Waals surface area contributed by atoms with Gasteiger partial charge in [-0.15, -0.1) is 0 Å². The molecule has 0 fully saturated rings. The fourth-order valence-corrected chi connectivity index (χ4v) is 2.54. The third kappa shape index (κ3) is 4.67. The van der Waals surface area contributed by atoms with E-state index in [2.05, 4.69) is 39.1 Å². The summed E-state index contributed by atoms with van der Waals surface area (Å²) in [6, 6.07) is 2.07. The van der Waals surface area contributed by atoms with Crippen LogP contribution in [0.5, 0.6) is 0 Å². The molecule has 0 aliphatic rings. The summed E-state index contributed by atoms with van der Waals surface area (Å²) in [6.45, 7) is 12.3. The van der Waals surface area contributed by atoms with Crippen LogP contribution in [0, 0.1) is 0 Å². The molecule has 0 unspecified atom stereocenters. The Morgan fingerprint density at radius 1 is 1.05 bits per heavy atom. The first-order chi connectivity index (χ1) is 10.2. The van der Waals surface area contributed by atoms with Gasteiger partial charge in [-0.2, -0.15) is 0 Å². The Balaban J connectivity index is 3.20. The third-order valence-corrected chi connectivity index (χ3v) is 3.81. The number of aromatic nitrogens is 2. The van der Waals surface area contributed by atoms with Gasteiger partial charge in [-0.1, -0.05) is 34.1 Å². The Labute approximate surface area is 129 Å².